The highest BCUT2D eigenvalue weighted by atomic mass is 19.1. The summed E-state index contributed by atoms with van der Waals surface area (Å²) in [5.41, 5.74) is 2.36. The highest BCUT2D eigenvalue weighted by Gasteiger charge is 2.05. The lowest BCUT2D eigenvalue weighted by Crippen LogP contribution is -2.05. The molecule has 0 atom stereocenters. The van der Waals surface area contributed by atoms with Crippen LogP contribution in [0.25, 0.3) is 0 Å². The molecule has 0 amide bonds. The molecule has 0 aromatic heterocycles. The van der Waals surface area contributed by atoms with Gasteiger partial charge in [0.05, 0.1) is 0 Å². The topological polar surface area (TPSA) is 21.3 Å². The highest BCUT2D eigenvalue weighted by molar-refractivity contribution is 5.52. The van der Waals surface area contributed by atoms with Gasteiger partial charge in [0.15, 0.2) is 0 Å². The van der Waals surface area contributed by atoms with Gasteiger partial charge in [-0.1, -0.05) is 30.2 Å². The minimum absolute atomic E-state index is 0.216. The quantitative estimate of drug-likeness (QED) is 0.834. The van der Waals surface area contributed by atoms with Crippen molar-refractivity contribution in [3.63, 3.8) is 0 Å². The number of hydrogen-bond donors (Lipinski definition) is 1. The lowest BCUT2D eigenvalue weighted by molar-refractivity contribution is 0.366. The molecule has 0 fully saturated rings. The van der Waals surface area contributed by atoms with Crippen molar-refractivity contribution in [2.45, 2.75) is 13.5 Å². The Morgan fingerprint density at radius 1 is 1.20 bits per heavy atom. The van der Waals surface area contributed by atoms with E-state index in [1.807, 2.05) is 30.3 Å². The van der Waals surface area contributed by atoms with Crippen LogP contribution in [0.1, 0.15) is 11.1 Å². The molecule has 0 unspecified atom stereocenters. The first kappa shape index (κ1) is 14.0. The van der Waals surface area contributed by atoms with Gasteiger partial charge in [-0.2, -0.15) is 0 Å². The average Bonchev–Trinajstić information content (AvgIpc) is 2.47. The lowest BCUT2D eigenvalue weighted by atomic mass is 10.1. The Hall–Kier alpha value is -2.47. The summed E-state index contributed by atoms with van der Waals surface area (Å²) < 4.78 is 18.9. The molecule has 1 N–H and O–H groups in total. The fourth-order valence-electron chi connectivity index (χ4n) is 1.90. The minimum Gasteiger partial charge on any atom is -0.481 e. The van der Waals surface area contributed by atoms with E-state index in [1.54, 1.807) is 13.0 Å². The van der Waals surface area contributed by atoms with Gasteiger partial charge in [0.2, 0.25) is 0 Å². The van der Waals surface area contributed by atoms with E-state index in [0.717, 1.165) is 17.0 Å². The number of nitrogens with one attached hydrogen (secondary N) is 1. The Morgan fingerprint density at radius 3 is 2.80 bits per heavy atom. The Balaban J connectivity index is 2.11. The maximum absolute atomic E-state index is 13.5. The van der Waals surface area contributed by atoms with Crippen molar-refractivity contribution in [1.82, 2.24) is 0 Å². The molecule has 2 aromatic carbocycles. The Kier molecular flexibility index (Phi) is 4.62. The van der Waals surface area contributed by atoms with E-state index in [9.17, 15) is 4.39 Å². The number of benzene rings is 2. The maximum Gasteiger partial charge on any atom is 0.148 e. The van der Waals surface area contributed by atoms with Crippen molar-refractivity contribution in [2.75, 3.05) is 11.9 Å². The first-order chi connectivity index (χ1) is 9.72. The third kappa shape index (κ3) is 3.30. The zero-order valence-electron chi connectivity index (χ0n) is 11.3. The lowest BCUT2D eigenvalue weighted by Gasteiger charge is -2.13. The SMILES string of the molecule is C#CCOc1ccccc1CNc1cccc(F)c1C. The molecule has 0 aliphatic carbocycles. The molecular formula is C17H16FNO. The Morgan fingerprint density at radius 2 is 2.00 bits per heavy atom. The van der Waals surface area contributed by atoms with Gasteiger partial charge in [-0.05, 0) is 25.1 Å². The summed E-state index contributed by atoms with van der Waals surface area (Å²) in [4.78, 5) is 0. The molecule has 20 heavy (non-hydrogen) atoms. The van der Waals surface area contributed by atoms with Gasteiger partial charge in [0.1, 0.15) is 18.2 Å². The highest BCUT2D eigenvalue weighted by Crippen LogP contribution is 2.22. The molecule has 3 heteroatoms. The van der Waals surface area contributed by atoms with Crippen LogP contribution in [0, 0.1) is 25.1 Å². The predicted molar refractivity (Wildman–Crippen MR) is 79.2 cm³/mol. The van der Waals surface area contributed by atoms with Crippen LogP contribution >= 0.6 is 0 Å². The van der Waals surface area contributed by atoms with E-state index in [0.29, 0.717) is 12.1 Å². The van der Waals surface area contributed by atoms with Crippen molar-refractivity contribution < 1.29 is 9.13 Å². The fourth-order valence-corrected chi connectivity index (χ4v) is 1.90. The molecule has 0 aliphatic heterocycles. The molecule has 2 nitrogen and oxygen atoms in total. The van der Waals surface area contributed by atoms with Gasteiger partial charge in [0, 0.05) is 23.4 Å². The number of ether oxygens (including phenoxy) is 1. The molecule has 2 aromatic rings. The normalized spacial score (nSPS) is 9.85. The van der Waals surface area contributed by atoms with E-state index >= 15 is 0 Å². The van der Waals surface area contributed by atoms with E-state index in [4.69, 9.17) is 11.2 Å². The summed E-state index contributed by atoms with van der Waals surface area (Å²) in [6.45, 7) is 2.53. The molecule has 0 saturated heterocycles. The second-order valence-electron chi connectivity index (χ2n) is 4.37. The van der Waals surface area contributed by atoms with Crippen molar-refractivity contribution >= 4 is 5.69 Å². The molecule has 102 valence electrons. The Bertz CT molecular complexity index is 631. The van der Waals surface area contributed by atoms with Crippen molar-refractivity contribution in [1.29, 1.82) is 0 Å². The predicted octanol–water partition coefficient (Wildman–Crippen LogP) is 3.76. The zero-order chi connectivity index (χ0) is 14.4. The summed E-state index contributed by atoms with van der Waals surface area (Å²) in [6, 6.07) is 12.6. The smallest absolute Gasteiger partial charge is 0.148 e. The molecule has 0 aliphatic rings. The van der Waals surface area contributed by atoms with E-state index in [1.165, 1.54) is 6.07 Å². The van der Waals surface area contributed by atoms with Gasteiger partial charge < -0.3 is 10.1 Å². The van der Waals surface area contributed by atoms with Crippen LogP contribution in [-0.2, 0) is 6.54 Å². The third-order valence-electron chi connectivity index (χ3n) is 3.02. The monoisotopic (exact) mass is 269 g/mol. The number of hydrogen-bond acceptors (Lipinski definition) is 2. The average molecular weight is 269 g/mol. The minimum atomic E-state index is -0.216. The zero-order valence-corrected chi connectivity index (χ0v) is 11.3. The summed E-state index contributed by atoms with van der Waals surface area (Å²) in [7, 11) is 0. The van der Waals surface area contributed by atoms with Crippen molar-refractivity contribution in [3.05, 3.63) is 59.4 Å². The van der Waals surface area contributed by atoms with Gasteiger partial charge >= 0.3 is 0 Å². The van der Waals surface area contributed by atoms with Gasteiger partial charge in [0.25, 0.3) is 0 Å². The molecule has 0 spiro atoms. The van der Waals surface area contributed by atoms with Gasteiger partial charge in [-0.25, -0.2) is 4.39 Å². The molecular weight excluding hydrogens is 253 g/mol. The Labute approximate surface area is 118 Å². The molecule has 0 radical (unpaired) electrons. The first-order valence-corrected chi connectivity index (χ1v) is 6.35. The van der Waals surface area contributed by atoms with Crippen LogP contribution in [0.15, 0.2) is 42.5 Å². The second kappa shape index (κ2) is 6.63. The molecule has 0 saturated carbocycles. The van der Waals surface area contributed by atoms with E-state index in [-0.39, 0.29) is 12.4 Å². The van der Waals surface area contributed by atoms with Crippen LogP contribution in [0.2, 0.25) is 0 Å². The molecule has 2 rings (SSSR count). The number of para-hydroxylation sites is 1. The van der Waals surface area contributed by atoms with Crippen LogP contribution in [0.5, 0.6) is 5.75 Å². The van der Waals surface area contributed by atoms with Crippen LogP contribution in [-0.4, -0.2) is 6.61 Å². The number of anilines is 1. The third-order valence-corrected chi connectivity index (χ3v) is 3.02. The van der Waals surface area contributed by atoms with Crippen molar-refractivity contribution in [3.8, 4) is 18.1 Å². The summed E-state index contributed by atoms with van der Waals surface area (Å²) in [5, 5.41) is 3.22. The van der Waals surface area contributed by atoms with Crippen molar-refractivity contribution in [2.24, 2.45) is 0 Å². The molecule has 0 heterocycles. The van der Waals surface area contributed by atoms with E-state index in [2.05, 4.69) is 11.2 Å². The van der Waals surface area contributed by atoms with Crippen LogP contribution in [0.3, 0.4) is 0 Å². The number of rotatable bonds is 5. The fraction of sp³-hybridized carbons (Fsp3) is 0.176. The summed E-state index contributed by atoms with van der Waals surface area (Å²) in [6.07, 6.45) is 5.20. The summed E-state index contributed by atoms with van der Waals surface area (Å²) >= 11 is 0. The summed E-state index contributed by atoms with van der Waals surface area (Å²) in [5.74, 6) is 2.97. The second-order valence-corrected chi connectivity index (χ2v) is 4.37. The van der Waals surface area contributed by atoms with E-state index < -0.39 is 0 Å². The largest absolute Gasteiger partial charge is 0.481 e. The van der Waals surface area contributed by atoms with Gasteiger partial charge in [-0.3, -0.25) is 0 Å². The molecule has 0 bridgehead atoms. The maximum atomic E-state index is 13.5. The number of halogens is 1. The number of terminal acetylenes is 1. The first-order valence-electron chi connectivity index (χ1n) is 6.35. The van der Waals surface area contributed by atoms with Crippen LogP contribution in [0.4, 0.5) is 10.1 Å². The van der Waals surface area contributed by atoms with Crippen LogP contribution < -0.4 is 10.1 Å². The van der Waals surface area contributed by atoms with Gasteiger partial charge in [-0.15, -0.1) is 6.42 Å². The standard InChI is InChI=1S/C17H16FNO/c1-3-11-20-17-10-5-4-7-14(17)12-19-16-9-6-8-15(18)13(16)2/h1,4-10,19H,11-12H2,2H3.